The van der Waals surface area contributed by atoms with Gasteiger partial charge in [-0.2, -0.15) is 0 Å². The predicted octanol–water partition coefficient (Wildman–Crippen LogP) is 3.93. The number of fused-ring (bicyclic) bond motifs is 1. The SMILES string of the molecule is COc1cc(C(=O)Nc2ccc(-c3cn4c(n3)SCC4)cc2)cc(OC)c1OC. The van der Waals surface area contributed by atoms with Gasteiger partial charge in [0.25, 0.3) is 5.91 Å². The third-order valence-electron chi connectivity index (χ3n) is 4.67. The number of amides is 1. The summed E-state index contributed by atoms with van der Waals surface area (Å²) in [7, 11) is 4.55. The lowest BCUT2D eigenvalue weighted by Crippen LogP contribution is -2.12. The predicted molar refractivity (Wildman–Crippen MR) is 112 cm³/mol. The van der Waals surface area contributed by atoms with Crippen LogP contribution in [0.3, 0.4) is 0 Å². The molecule has 0 bridgehead atoms. The van der Waals surface area contributed by atoms with Crippen LogP contribution in [0.4, 0.5) is 5.69 Å². The van der Waals surface area contributed by atoms with Gasteiger partial charge in [-0.05, 0) is 24.3 Å². The van der Waals surface area contributed by atoms with Gasteiger partial charge in [0, 0.05) is 35.3 Å². The average molecular weight is 411 g/mol. The first kappa shape index (κ1) is 19.2. The van der Waals surface area contributed by atoms with Crippen LogP contribution >= 0.6 is 11.8 Å². The van der Waals surface area contributed by atoms with Crippen molar-refractivity contribution in [3.05, 3.63) is 48.2 Å². The number of hydrogen-bond donors (Lipinski definition) is 1. The number of aryl methyl sites for hydroxylation is 1. The zero-order valence-corrected chi connectivity index (χ0v) is 17.2. The Kier molecular flexibility index (Phi) is 5.35. The summed E-state index contributed by atoms with van der Waals surface area (Å²) in [4.78, 5) is 17.4. The number of rotatable bonds is 6. The number of imidazole rings is 1. The van der Waals surface area contributed by atoms with Gasteiger partial charge < -0.3 is 24.1 Å². The molecular weight excluding hydrogens is 390 g/mol. The second-order valence-corrected chi connectivity index (χ2v) is 7.46. The maximum Gasteiger partial charge on any atom is 0.255 e. The van der Waals surface area contributed by atoms with Crippen LogP contribution < -0.4 is 19.5 Å². The fourth-order valence-electron chi connectivity index (χ4n) is 3.19. The maximum atomic E-state index is 12.7. The highest BCUT2D eigenvalue weighted by atomic mass is 32.2. The molecule has 1 aliphatic heterocycles. The number of hydrogen-bond acceptors (Lipinski definition) is 6. The quantitative estimate of drug-likeness (QED) is 0.662. The summed E-state index contributed by atoms with van der Waals surface area (Å²) in [6.07, 6.45) is 2.07. The molecule has 0 aliphatic carbocycles. The molecule has 0 fully saturated rings. The fraction of sp³-hybridized carbons (Fsp3) is 0.238. The smallest absolute Gasteiger partial charge is 0.255 e. The highest BCUT2D eigenvalue weighted by Crippen LogP contribution is 2.38. The Labute approximate surface area is 173 Å². The van der Waals surface area contributed by atoms with Crippen molar-refractivity contribution in [2.45, 2.75) is 11.7 Å². The number of carbonyl (C=O) groups is 1. The first-order valence-electron chi connectivity index (χ1n) is 9.04. The molecule has 8 heteroatoms. The van der Waals surface area contributed by atoms with Gasteiger partial charge in [-0.25, -0.2) is 4.98 Å². The lowest BCUT2D eigenvalue weighted by Gasteiger charge is -2.14. The molecule has 2 aromatic carbocycles. The molecule has 1 aromatic heterocycles. The fourth-order valence-corrected chi connectivity index (χ4v) is 4.13. The standard InChI is InChI=1S/C21H21N3O4S/c1-26-17-10-14(11-18(27-2)19(17)28-3)20(25)22-15-6-4-13(5-7-15)16-12-24-8-9-29-21(24)23-16/h4-7,10-12H,8-9H2,1-3H3,(H,22,25). The number of carbonyl (C=O) groups excluding carboxylic acids is 1. The Bertz CT molecular complexity index is 1000. The third kappa shape index (κ3) is 3.75. The van der Waals surface area contributed by atoms with E-state index in [1.165, 1.54) is 21.3 Å². The number of thioether (sulfide) groups is 1. The largest absolute Gasteiger partial charge is 0.493 e. The first-order chi connectivity index (χ1) is 14.1. The van der Waals surface area contributed by atoms with Crippen LogP contribution in [-0.4, -0.2) is 42.5 Å². The van der Waals surface area contributed by atoms with Gasteiger partial charge in [0.05, 0.1) is 27.0 Å². The van der Waals surface area contributed by atoms with E-state index in [2.05, 4.69) is 21.1 Å². The molecule has 1 aliphatic rings. The van der Waals surface area contributed by atoms with Crippen molar-refractivity contribution >= 4 is 23.4 Å². The summed E-state index contributed by atoms with van der Waals surface area (Å²) < 4.78 is 18.1. The highest BCUT2D eigenvalue weighted by molar-refractivity contribution is 7.99. The van der Waals surface area contributed by atoms with Crippen molar-refractivity contribution in [1.29, 1.82) is 0 Å². The molecule has 0 saturated heterocycles. The minimum atomic E-state index is -0.269. The molecule has 7 nitrogen and oxygen atoms in total. The topological polar surface area (TPSA) is 74.6 Å². The molecule has 0 spiro atoms. The zero-order chi connectivity index (χ0) is 20.4. The molecule has 1 amide bonds. The molecule has 4 rings (SSSR count). The van der Waals surface area contributed by atoms with Gasteiger partial charge >= 0.3 is 0 Å². The van der Waals surface area contributed by atoms with Crippen molar-refractivity contribution in [2.75, 3.05) is 32.4 Å². The second kappa shape index (κ2) is 8.08. The van der Waals surface area contributed by atoms with Crippen LogP contribution in [0.25, 0.3) is 11.3 Å². The molecule has 2 heterocycles. The summed E-state index contributed by atoms with van der Waals surface area (Å²) in [6.45, 7) is 0.996. The minimum Gasteiger partial charge on any atom is -0.493 e. The van der Waals surface area contributed by atoms with E-state index in [4.69, 9.17) is 14.2 Å². The molecule has 1 N–H and O–H groups in total. The third-order valence-corrected chi connectivity index (χ3v) is 5.64. The number of benzene rings is 2. The Morgan fingerprint density at radius 3 is 2.34 bits per heavy atom. The molecule has 0 saturated carbocycles. The van der Waals surface area contributed by atoms with Crippen LogP contribution in [0.1, 0.15) is 10.4 Å². The summed E-state index contributed by atoms with van der Waals surface area (Å²) >= 11 is 1.77. The van der Waals surface area contributed by atoms with E-state index in [1.54, 1.807) is 23.9 Å². The number of ether oxygens (including phenoxy) is 3. The van der Waals surface area contributed by atoms with E-state index in [9.17, 15) is 4.79 Å². The molecule has 0 radical (unpaired) electrons. The molecule has 150 valence electrons. The van der Waals surface area contributed by atoms with E-state index < -0.39 is 0 Å². The first-order valence-corrected chi connectivity index (χ1v) is 10.0. The number of methoxy groups -OCH3 is 3. The molecule has 0 atom stereocenters. The Balaban J connectivity index is 1.52. The Hall–Kier alpha value is -3.13. The van der Waals surface area contributed by atoms with E-state index in [0.717, 1.165) is 28.7 Å². The van der Waals surface area contributed by atoms with E-state index in [1.807, 2.05) is 24.3 Å². The average Bonchev–Trinajstić information content (AvgIpc) is 3.35. The van der Waals surface area contributed by atoms with Gasteiger partial charge in [-0.3, -0.25) is 4.79 Å². The normalized spacial score (nSPS) is 12.4. The second-order valence-electron chi connectivity index (χ2n) is 6.40. The molecule has 0 unspecified atom stereocenters. The van der Waals surface area contributed by atoms with Gasteiger partial charge in [0.1, 0.15) is 0 Å². The van der Waals surface area contributed by atoms with Crippen molar-refractivity contribution in [3.63, 3.8) is 0 Å². The monoisotopic (exact) mass is 411 g/mol. The Morgan fingerprint density at radius 2 is 1.76 bits per heavy atom. The lowest BCUT2D eigenvalue weighted by atomic mass is 10.1. The van der Waals surface area contributed by atoms with Crippen LogP contribution in [0.15, 0.2) is 47.8 Å². The number of nitrogens with zero attached hydrogens (tertiary/aromatic N) is 2. The van der Waals surface area contributed by atoms with Gasteiger partial charge in [0.2, 0.25) is 5.75 Å². The molecular formula is C21H21N3O4S. The van der Waals surface area contributed by atoms with Crippen LogP contribution in [0.2, 0.25) is 0 Å². The molecule has 29 heavy (non-hydrogen) atoms. The van der Waals surface area contributed by atoms with Crippen molar-refractivity contribution in [1.82, 2.24) is 9.55 Å². The minimum absolute atomic E-state index is 0.269. The maximum absolute atomic E-state index is 12.7. The summed E-state index contributed by atoms with van der Waals surface area (Å²) in [6, 6.07) is 10.9. The summed E-state index contributed by atoms with van der Waals surface area (Å²) in [5.41, 5.74) is 3.05. The van der Waals surface area contributed by atoms with E-state index >= 15 is 0 Å². The van der Waals surface area contributed by atoms with E-state index in [0.29, 0.717) is 28.5 Å². The van der Waals surface area contributed by atoms with Crippen molar-refractivity contribution < 1.29 is 19.0 Å². The van der Waals surface area contributed by atoms with E-state index in [-0.39, 0.29) is 5.91 Å². The lowest BCUT2D eigenvalue weighted by molar-refractivity contribution is 0.102. The summed E-state index contributed by atoms with van der Waals surface area (Å²) in [5, 5.41) is 3.95. The zero-order valence-electron chi connectivity index (χ0n) is 16.4. The highest BCUT2D eigenvalue weighted by Gasteiger charge is 2.18. The van der Waals surface area contributed by atoms with Crippen LogP contribution in [-0.2, 0) is 6.54 Å². The number of anilines is 1. The Morgan fingerprint density at radius 1 is 1.07 bits per heavy atom. The van der Waals surface area contributed by atoms with Crippen LogP contribution in [0.5, 0.6) is 17.2 Å². The van der Waals surface area contributed by atoms with Crippen molar-refractivity contribution in [2.24, 2.45) is 0 Å². The molecule has 3 aromatic rings. The summed E-state index contributed by atoms with van der Waals surface area (Å²) in [5.74, 6) is 2.11. The number of aromatic nitrogens is 2. The number of nitrogens with one attached hydrogen (secondary N) is 1. The van der Waals surface area contributed by atoms with Gasteiger partial charge in [0.15, 0.2) is 16.7 Å². The van der Waals surface area contributed by atoms with Gasteiger partial charge in [-0.15, -0.1) is 0 Å². The van der Waals surface area contributed by atoms with Crippen LogP contribution in [0, 0.1) is 0 Å². The van der Waals surface area contributed by atoms with Gasteiger partial charge in [-0.1, -0.05) is 23.9 Å². The van der Waals surface area contributed by atoms with Crippen molar-refractivity contribution in [3.8, 4) is 28.5 Å².